The van der Waals surface area contributed by atoms with Crippen molar-refractivity contribution in [2.75, 3.05) is 25.2 Å². The van der Waals surface area contributed by atoms with Crippen LogP contribution in [0.2, 0.25) is 5.28 Å². The number of aromatic amines is 1. The molecule has 3 aromatic rings. The maximum Gasteiger partial charge on any atom is 0.224 e. The van der Waals surface area contributed by atoms with Crippen LogP contribution in [-0.4, -0.2) is 40.4 Å². The number of ether oxygens (including phenoxy) is 1. The quantitative estimate of drug-likeness (QED) is 0.553. The molecule has 0 aliphatic rings. The third-order valence-corrected chi connectivity index (χ3v) is 3.62. The fraction of sp³-hybridized carbons (Fsp3) is 0.267. The number of benzene rings is 1. The number of rotatable bonds is 6. The summed E-state index contributed by atoms with van der Waals surface area (Å²) < 4.78 is 19.4. The second-order valence-corrected chi connectivity index (χ2v) is 5.26. The lowest BCUT2D eigenvalue weighted by Crippen LogP contribution is -2.22. The van der Waals surface area contributed by atoms with Gasteiger partial charge in [-0.05, 0) is 30.2 Å². The van der Waals surface area contributed by atoms with Crippen LogP contribution in [0.1, 0.15) is 6.42 Å². The first-order chi connectivity index (χ1) is 11.2. The van der Waals surface area contributed by atoms with Gasteiger partial charge in [0.15, 0.2) is 11.6 Å². The molecule has 0 amide bonds. The first-order valence-corrected chi connectivity index (χ1v) is 7.45. The molecule has 0 unspecified atom stereocenters. The molecule has 2 aromatic heterocycles. The largest absolute Gasteiger partial charge is 0.385 e. The maximum absolute atomic E-state index is 14.3. The third kappa shape index (κ3) is 3.25. The predicted octanol–water partition coefficient (Wildman–Crippen LogP) is 3.32. The molecule has 0 atom stereocenters. The smallest absolute Gasteiger partial charge is 0.224 e. The number of nitrogens with zero attached hydrogens (tertiary/aromatic N) is 4. The summed E-state index contributed by atoms with van der Waals surface area (Å²) in [5.74, 6) is -0.401. The summed E-state index contributed by atoms with van der Waals surface area (Å²) in [5.41, 5.74) is 1.65. The summed E-state index contributed by atoms with van der Waals surface area (Å²) in [6.07, 6.45) is 3.48. The van der Waals surface area contributed by atoms with E-state index < -0.39 is 5.82 Å². The number of H-pyrrole nitrogens is 1. The second kappa shape index (κ2) is 6.89. The standard InChI is InChI=1S/C15H15ClFN5O/c1-23-7-3-6-22(14-11(17)9-18-15(16)20-14)13-5-2-4-12-10(13)8-19-21-12/h2,4-5,8-9H,3,6-7H2,1H3,(H,19,21). The minimum atomic E-state index is -0.535. The Morgan fingerprint density at radius 1 is 1.35 bits per heavy atom. The Balaban J connectivity index is 2.08. The molecule has 23 heavy (non-hydrogen) atoms. The number of anilines is 2. The molecule has 8 heteroatoms. The number of nitrogens with one attached hydrogen (secondary N) is 1. The van der Waals surface area contributed by atoms with Crippen molar-refractivity contribution in [2.24, 2.45) is 0 Å². The second-order valence-electron chi connectivity index (χ2n) is 4.92. The highest BCUT2D eigenvalue weighted by atomic mass is 35.5. The molecule has 6 nitrogen and oxygen atoms in total. The zero-order valence-electron chi connectivity index (χ0n) is 12.5. The molecular weight excluding hydrogens is 321 g/mol. The summed E-state index contributed by atoms with van der Waals surface area (Å²) in [6, 6.07) is 5.67. The van der Waals surface area contributed by atoms with Gasteiger partial charge in [0.25, 0.3) is 0 Å². The van der Waals surface area contributed by atoms with Gasteiger partial charge in [0.05, 0.1) is 23.6 Å². The molecule has 3 rings (SSSR count). The van der Waals surface area contributed by atoms with Gasteiger partial charge in [-0.15, -0.1) is 0 Å². The van der Waals surface area contributed by atoms with Crippen molar-refractivity contribution in [1.82, 2.24) is 20.2 Å². The number of halogens is 2. The van der Waals surface area contributed by atoms with Gasteiger partial charge >= 0.3 is 0 Å². The lowest BCUT2D eigenvalue weighted by atomic mass is 10.2. The fourth-order valence-corrected chi connectivity index (χ4v) is 2.55. The zero-order chi connectivity index (χ0) is 16.2. The molecule has 0 aliphatic carbocycles. The molecule has 1 aromatic carbocycles. The Kier molecular flexibility index (Phi) is 4.68. The molecule has 0 aliphatic heterocycles. The van der Waals surface area contributed by atoms with Crippen molar-refractivity contribution in [2.45, 2.75) is 6.42 Å². The highest BCUT2D eigenvalue weighted by molar-refractivity contribution is 6.28. The van der Waals surface area contributed by atoms with E-state index in [2.05, 4.69) is 20.2 Å². The highest BCUT2D eigenvalue weighted by Crippen LogP contribution is 2.32. The van der Waals surface area contributed by atoms with Crippen LogP contribution in [0.4, 0.5) is 15.9 Å². The maximum atomic E-state index is 14.3. The van der Waals surface area contributed by atoms with Crippen molar-refractivity contribution in [3.8, 4) is 0 Å². The van der Waals surface area contributed by atoms with Gasteiger partial charge in [0, 0.05) is 25.6 Å². The third-order valence-electron chi connectivity index (χ3n) is 3.43. The predicted molar refractivity (Wildman–Crippen MR) is 86.6 cm³/mol. The molecule has 0 bridgehead atoms. The average molecular weight is 336 g/mol. The average Bonchev–Trinajstić information content (AvgIpc) is 3.03. The molecule has 1 N–H and O–H groups in total. The fourth-order valence-electron chi connectivity index (χ4n) is 2.42. The Hall–Kier alpha value is -2.25. The Bertz CT molecular complexity index is 809. The van der Waals surface area contributed by atoms with E-state index in [4.69, 9.17) is 16.3 Å². The first kappa shape index (κ1) is 15.6. The van der Waals surface area contributed by atoms with E-state index in [1.165, 1.54) is 0 Å². The summed E-state index contributed by atoms with van der Waals surface area (Å²) in [5, 5.41) is 7.82. The lowest BCUT2D eigenvalue weighted by Gasteiger charge is -2.24. The van der Waals surface area contributed by atoms with Gasteiger partial charge in [-0.25, -0.2) is 9.37 Å². The minimum absolute atomic E-state index is 0.00231. The summed E-state index contributed by atoms with van der Waals surface area (Å²) in [4.78, 5) is 9.49. The van der Waals surface area contributed by atoms with Crippen molar-refractivity contribution < 1.29 is 9.13 Å². The van der Waals surface area contributed by atoms with Crippen LogP contribution in [0.15, 0.2) is 30.6 Å². The van der Waals surface area contributed by atoms with Crippen LogP contribution in [-0.2, 0) is 4.74 Å². The Morgan fingerprint density at radius 2 is 2.22 bits per heavy atom. The molecule has 2 heterocycles. The van der Waals surface area contributed by atoms with Crippen LogP contribution in [0.3, 0.4) is 0 Å². The molecule has 120 valence electrons. The van der Waals surface area contributed by atoms with Crippen molar-refractivity contribution in [3.63, 3.8) is 0 Å². The number of fused-ring (bicyclic) bond motifs is 1. The topological polar surface area (TPSA) is 66.9 Å². The van der Waals surface area contributed by atoms with Crippen molar-refractivity contribution >= 4 is 34.0 Å². The lowest BCUT2D eigenvalue weighted by molar-refractivity contribution is 0.196. The van der Waals surface area contributed by atoms with E-state index in [1.807, 2.05) is 18.2 Å². The van der Waals surface area contributed by atoms with Crippen molar-refractivity contribution in [3.05, 3.63) is 41.7 Å². The van der Waals surface area contributed by atoms with Gasteiger partial charge < -0.3 is 9.64 Å². The monoisotopic (exact) mass is 335 g/mol. The molecule has 0 saturated carbocycles. The zero-order valence-corrected chi connectivity index (χ0v) is 13.2. The number of hydrogen-bond acceptors (Lipinski definition) is 5. The molecular formula is C15H15ClFN5O. The number of hydrogen-bond donors (Lipinski definition) is 1. The SMILES string of the molecule is COCCCN(c1nc(Cl)ncc1F)c1cccc2[nH]ncc12. The molecule has 0 saturated heterocycles. The van der Waals surface area contributed by atoms with E-state index >= 15 is 0 Å². The van der Waals surface area contributed by atoms with Crippen LogP contribution in [0.5, 0.6) is 0 Å². The van der Waals surface area contributed by atoms with E-state index in [-0.39, 0.29) is 11.1 Å². The van der Waals surface area contributed by atoms with Gasteiger partial charge in [-0.2, -0.15) is 10.1 Å². The summed E-state index contributed by atoms with van der Waals surface area (Å²) in [7, 11) is 1.63. The van der Waals surface area contributed by atoms with E-state index in [0.29, 0.717) is 19.6 Å². The van der Waals surface area contributed by atoms with Gasteiger partial charge in [-0.1, -0.05) is 6.07 Å². The highest BCUT2D eigenvalue weighted by Gasteiger charge is 2.19. The van der Waals surface area contributed by atoms with E-state index in [9.17, 15) is 4.39 Å². The van der Waals surface area contributed by atoms with E-state index in [1.54, 1.807) is 18.2 Å². The van der Waals surface area contributed by atoms with E-state index in [0.717, 1.165) is 22.8 Å². The molecule has 0 spiro atoms. The number of aromatic nitrogens is 4. The normalized spacial score (nSPS) is 11.1. The van der Waals surface area contributed by atoms with Crippen LogP contribution >= 0.6 is 11.6 Å². The summed E-state index contributed by atoms with van der Waals surface area (Å²) in [6.45, 7) is 1.07. The minimum Gasteiger partial charge on any atom is -0.385 e. The number of methoxy groups -OCH3 is 1. The van der Waals surface area contributed by atoms with Gasteiger partial charge in [-0.3, -0.25) is 5.10 Å². The molecule has 0 fully saturated rings. The van der Waals surface area contributed by atoms with Gasteiger partial charge in [0.1, 0.15) is 0 Å². The van der Waals surface area contributed by atoms with Crippen LogP contribution in [0, 0.1) is 5.82 Å². The Morgan fingerprint density at radius 3 is 3.04 bits per heavy atom. The molecule has 0 radical (unpaired) electrons. The Labute approximate surface area is 137 Å². The van der Waals surface area contributed by atoms with Gasteiger partial charge in [0.2, 0.25) is 5.28 Å². The van der Waals surface area contributed by atoms with Crippen molar-refractivity contribution in [1.29, 1.82) is 0 Å². The van der Waals surface area contributed by atoms with Crippen LogP contribution < -0.4 is 4.90 Å². The van der Waals surface area contributed by atoms with Crippen LogP contribution in [0.25, 0.3) is 10.9 Å². The first-order valence-electron chi connectivity index (χ1n) is 7.07. The summed E-state index contributed by atoms with van der Waals surface area (Å²) >= 11 is 5.85.